The van der Waals surface area contributed by atoms with E-state index < -0.39 is 5.97 Å². The molecule has 1 aromatic rings. The van der Waals surface area contributed by atoms with Gasteiger partial charge in [-0.05, 0) is 25.0 Å². The van der Waals surface area contributed by atoms with Crippen LogP contribution in [0.4, 0.5) is 0 Å². The summed E-state index contributed by atoms with van der Waals surface area (Å²) in [5, 5.41) is 9.23. The minimum Gasteiger partial charge on any atom is -0.489 e. The Bertz CT molecular complexity index is 500. The highest BCUT2D eigenvalue weighted by atomic mass is 16.5. The molecule has 1 aliphatic heterocycles. The maximum atomic E-state index is 11.3. The number of carboxylic acid groups (broad SMARTS) is 1. The zero-order valence-electron chi connectivity index (χ0n) is 12.2. The second-order valence-corrected chi connectivity index (χ2v) is 6.13. The number of para-hydroxylation sites is 1. The predicted octanol–water partition coefficient (Wildman–Crippen LogP) is 3.65. The van der Waals surface area contributed by atoms with Gasteiger partial charge in [-0.25, -0.2) is 4.79 Å². The van der Waals surface area contributed by atoms with Crippen LogP contribution in [0.2, 0.25) is 0 Å². The van der Waals surface area contributed by atoms with Crippen molar-refractivity contribution in [1.82, 2.24) is 0 Å². The van der Waals surface area contributed by atoms with E-state index in [0.29, 0.717) is 12.4 Å². The number of hydrogen-bond donors (Lipinski definition) is 1. The second-order valence-electron chi connectivity index (χ2n) is 6.13. The van der Waals surface area contributed by atoms with Gasteiger partial charge in [0, 0.05) is 12.8 Å². The third-order valence-corrected chi connectivity index (χ3v) is 4.62. The third-order valence-electron chi connectivity index (χ3n) is 4.62. The van der Waals surface area contributed by atoms with Crippen LogP contribution in [0.15, 0.2) is 24.3 Å². The van der Waals surface area contributed by atoms with Crippen LogP contribution in [0.5, 0.6) is 5.75 Å². The monoisotopic (exact) mass is 290 g/mol. The van der Waals surface area contributed by atoms with Crippen molar-refractivity contribution in [2.75, 3.05) is 6.61 Å². The largest absolute Gasteiger partial charge is 0.489 e. The van der Waals surface area contributed by atoms with Gasteiger partial charge in [0.1, 0.15) is 17.4 Å². The van der Waals surface area contributed by atoms with Crippen molar-refractivity contribution >= 4 is 5.97 Å². The summed E-state index contributed by atoms with van der Waals surface area (Å²) in [6, 6.07) is 6.88. The summed E-state index contributed by atoms with van der Waals surface area (Å²) in [5.41, 5.74) is 0.209. The van der Waals surface area contributed by atoms with E-state index in [2.05, 4.69) is 0 Å². The fraction of sp³-hybridized carbons (Fsp3) is 0.588. The fourth-order valence-corrected chi connectivity index (χ4v) is 3.55. The Kier molecular flexibility index (Phi) is 4.15. The van der Waals surface area contributed by atoms with Gasteiger partial charge in [0.2, 0.25) is 0 Å². The summed E-state index contributed by atoms with van der Waals surface area (Å²) in [4.78, 5) is 11.3. The van der Waals surface area contributed by atoms with E-state index in [4.69, 9.17) is 9.47 Å². The first-order valence-electron chi connectivity index (χ1n) is 7.81. The summed E-state index contributed by atoms with van der Waals surface area (Å²) >= 11 is 0. The molecule has 0 amide bonds. The second kappa shape index (κ2) is 6.06. The number of hydrogen-bond acceptors (Lipinski definition) is 3. The van der Waals surface area contributed by atoms with Gasteiger partial charge in [0.15, 0.2) is 0 Å². The molecule has 1 saturated carbocycles. The molecule has 1 saturated heterocycles. The Morgan fingerprint density at radius 3 is 2.76 bits per heavy atom. The van der Waals surface area contributed by atoms with Gasteiger partial charge in [-0.2, -0.15) is 0 Å². The summed E-state index contributed by atoms with van der Waals surface area (Å²) in [5.74, 6) is -0.465. The van der Waals surface area contributed by atoms with Gasteiger partial charge >= 0.3 is 5.97 Å². The maximum Gasteiger partial charge on any atom is 0.339 e. The van der Waals surface area contributed by atoms with E-state index in [1.54, 1.807) is 18.2 Å². The summed E-state index contributed by atoms with van der Waals surface area (Å²) in [7, 11) is 0. The van der Waals surface area contributed by atoms with E-state index >= 15 is 0 Å². The van der Waals surface area contributed by atoms with Gasteiger partial charge < -0.3 is 14.6 Å². The molecule has 1 unspecified atom stereocenters. The lowest BCUT2D eigenvalue weighted by molar-refractivity contribution is -0.129. The van der Waals surface area contributed by atoms with Crippen LogP contribution >= 0.6 is 0 Å². The number of carbonyl (C=O) groups is 1. The zero-order chi connectivity index (χ0) is 14.7. The lowest BCUT2D eigenvalue weighted by Gasteiger charge is -2.43. The van der Waals surface area contributed by atoms with E-state index in [1.807, 2.05) is 6.07 Å². The molecule has 3 rings (SSSR count). The lowest BCUT2D eigenvalue weighted by Crippen LogP contribution is -2.45. The Labute approximate surface area is 125 Å². The van der Waals surface area contributed by atoms with Crippen LogP contribution in [0.1, 0.15) is 55.3 Å². The molecule has 21 heavy (non-hydrogen) atoms. The molecule has 1 aliphatic carbocycles. The minimum absolute atomic E-state index is 0.0284. The molecule has 2 aliphatic rings. The summed E-state index contributed by atoms with van der Waals surface area (Å²) in [6.07, 6.45) is 7.70. The zero-order valence-corrected chi connectivity index (χ0v) is 12.2. The molecule has 114 valence electrons. The average Bonchev–Trinajstić information content (AvgIpc) is 2.48. The molecule has 1 aromatic carbocycles. The van der Waals surface area contributed by atoms with Crippen LogP contribution in [0.3, 0.4) is 0 Å². The number of rotatable bonds is 3. The first-order chi connectivity index (χ1) is 10.2. The van der Waals surface area contributed by atoms with Gasteiger partial charge in [-0.15, -0.1) is 0 Å². The van der Waals surface area contributed by atoms with E-state index in [0.717, 1.165) is 25.7 Å². The molecule has 4 heteroatoms. The van der Waals surface area contributed by atoms with Crippen LogP contribution in [-0.4, -0.2) is 29.4 Å². The molecule has 2 fully saturated rings. The van der Waals surface area contributed by atoms with Crippen molar-refractivity contribution in [3.63, 3.8) is 0 Å². The van der Waals surface area contributed by atoms with Crippen molar-refractivity contribution in [3.05, 3.63) is 29.8 Å². The number of benzene rings is 1. The molecule has 0 aromatic heterocycles. The van der Waals surface area contributed by atoms with Gasteiger partial charge in [-0.3, -0.25) is 0 Å². The van der Waals surface area contributed by atoms with Crippen molar-refractivity contribution in [1.29, 1.82) is 0 Å². The lowest BCUT2D eigenvalue weighted by atomic mass is 9.79. The standard InChI is InChI=1S/C17H22O4/c18-16(19)14-6-2-3-7-15(14)21-13-8-11-20-17(12-13)9-4-1-5-10-17/h2-3,6-7,13H,1,4-5,8-12H2,(H,18,19). The van der Waals surface area contributed by atoms with Crippen LogP contribution in [0.25, 0.3) is 0 Å². The summed E-state index contributed by atoms with van der Waals surface area (Å²) < 4.78 is 12.1. The normalized spacial score (nSPS) is 24.7. The van der Waals surface area contributed by atoms with Crippen LogP contribution < -0.4 is 4.74 Å². The molecule has 4 nitrogen and oxygen atoms in total. The van der Waals surface area contributed by atoms with Crippen LogP contribution in [0, 0.1) is 0 Å². The average molecular weight is 290 g/mol. The van der Waals surface area contributed by atoms with Gasteiger partial charge in [0.25, 0.3) is 0 Å². The minimum atomic E-state index is -0.940. The Morgan fingerprint density at radius 2 is 2.00 bits per heavy atom. The van der Waals surface area contributed by atoms with Crippen molar-refractivity contribution in [2.45, 2.75) is 56.7 Å². The van der Waals surface area contributed by atoms with Crippen molar-refractivity contribution in [2.24, 2.45) is 0 Å². The number of carboxylic acids is 1. The molecule has 0 radical (unpaired) electrons. The topological polar surface area (TPSA) is 55.8 Å². The van der Waals surface area contributed by atoms with Crippen LogP contribution in [-0.2, 0) is 4.74 Å². The molecular weight excluding hydrogens is 268 g/mol. The highest BCUT2D eigenvalue weighted by Crippen LogP contribution is 2.39. The fourth-order valence-electron chi connectivity index (χ4n) is 3.55. The SMILES string of the molecule is O=C(O)c1ccccc1OC1CCOC2(CCCCC2)C1. The molecule has 1 heterocycles. The molecule has 1 N–H and O–H groups in total. The first-order valence-corrected chi connectivity index (χ1v) is 7.81. The number of ether oxygens (including phenoxy) is 2. The molecular formula is C17H22O4. The Balaban J connectivity index is 1.71. The number of aromatic carboxylic acids is 1. The van der Waals surface area contributed by atoms with Crippen molar-refractivity contribution in [3.8, 4) is 5.75 Å². The van der Waals surface area contributed by atoms with E-state index in [9.17, 15) is 9.90 Å². The quantitative estimate of drug-likeness (QED) is 0.923. The summed E-state index contributed by atoms with van der Waals surface area (Å²) in [6.45, 7) is 0.708. The van der Waals surface area contributed by atoms with Gasteiger partial charge in [0.05, 0.1) is 12.2 Å². The third kappa shape index (κ3) is 3.21. The first kappa shape index (κ1) is 14.4. The Hall–Kier alpha value is -1.55. The molecule has 0 bridgehead atoms. The van der Waals surface area contributed by atoms with E-state index in [-0.39, 0.29) is 17.3 Å². The highest BCUT2D eigenvalue weighted by molar-refractivity contribution is 5.90. The highest BCUT2D eigenvalue weighted by Gasteiger charge is 2.39. The van der Waals surface area contributed by atoms with Gasteiger partial charge in [-0.1, -0.05) is 31.4 Å². The smallest absolute Gasteiger partial charge is 0.339 e. The molecule has 1 spiro atoms. The maximum absolute atomic E-state index is 11.3. The van der Waals surface area contributed by atoms with E-state index in [1.165, 1.54) is 19.3 Å². The van der Waals surface area contributed by atoms with Crippen molar-refractivity contribution < 1.29 is 19.4 Å². The Morgan fingerprint density at radius 1 is 1.24 bits per heavy atom. The predicted molar refractivity (Wildman–Crippen MR) is 78.8 cm³/mol. The molecule has 1 atom stereocenters.